The van der Waals surface area contributed by atoms with Gasteiger partial charge in [0, 0.05) is 6.07 Å². The molecule has 0 amide bonds. The first-order valence-corrected chi connectivity index (χ1v) is 4.55. The van der Waals surface area contributed by atoms with Gasteiger partial charge >= 0.3 is 5.97 Å². The molecule has 0 unspecified atom stereocenters. The van der Waals surface area contributed by atoms with Crippen LogP contribution in [0.2, 0.25) is 0 Å². The largest absolute Gasteiger partial charge is 0.459 e. The Morgan fingerprint density at radius 1 is 1.77 bits per heavy atom. The van der Waals surface area contributed by atoms with Gasteiger partial charge in [-0.05, 0) is 13.8 Å². The Kier molecular flexibility index (Phi) is 3.08. The molecule has 0 atom stereocenters. The van der Waals surface area contributed by atoms with E-state index in [9.17, 15) is 4.79 Å². The smallest absolute Gasteiger partial charge is 0.360 e. The van der Waals surface area contributed by atoms with Crippen LogP contribution in [0, 0.1) is 0 Å². The van der Waals surface area contributed by atoms with Crippen molar-refractivity contribution in [1.29, 1.82) is 0 Å². The zero-order chi connectivity index (χ0) is 9.90. The first-order valence-electron chi connectivity index (χ1n) is 3.75. The van der Waals surface area contributed by atoms with Crippen molar-refractivity contribution in [2.45, 2.75) is 18.2 Å². The molecule has 5 heteroatoms. The normalized spacial score (nSPS) is 11.3. The van der Waals surface area contributed by atoms with Gasteiger partial charge in [0.1, 0.15) is 12.9 Å². The van der Waals surface area contributed by atoms with Gasteiger partial charge in [-0.15, -0.1) is 0 Å². The molecule has 0 spiro atoms. The lowest BCUT2D eigenvalue weighted by Crippen LogP contribution is -2.21. The molecule has 1 heterocycles. The summed E-state index contributed by atoms with van der Waals surface area (Å²) >= 11 is 3.35. The first kappa shape index (κ1) is 10.2. The van der Waals surface area contributed by atoms with Crippen LogP contribution in [-0.2, 0) is 4.74 Å². The van der Waals surface area contributed by atoms with Crippen LogP contribution >= 0.6 is 15.9 Å². The number of nitrogens with zero attached hydrogens (tertiary/aromatic N) is 1. The highest BCUT2D eigenvalue weighted by Gasteiger charge is 2.17. The third kappa shape index (κ3) is 3.59. The number of alkyl halides is 1. The Balaban J connectivity index is 2.44. The van der Waals surface area contributed by atoms with Gasteiger partial charge in [0.15, 0.2) is 5.69 Å². The molecule has 0 aliphatic heterocycles. The third-order valence-electron chi connectivity index (χ3n) is 1.19. The summed E-state index contributed by atoms with van der Waals surface area (Å²) in [5.74, 6) is -0.471. The average molecular weight is 248 g/mol. The van der Waals surface area contributed by atoms with Crippen LogP contribution < -0.4 is 0 Å². The first-order chi connectivity index (χ1) is 5.99. The summed E-state index contributed by atoms with van der Waals surface area (Å²) < 4.78 is 9.23. The summed E-state index contributed by atoms with van der Waals surface area (Å²) in [6.07, 6.45) is 1.33. The molecule has 0 aliphatic carbocycles. The molecule has 4 nitrogen and oxygen atoms in total. The Hall–Kier alpha value is -0.840. The zero-order valence-corrected chi connectivity index (χ0v) is 9.00. The summed E-state index contributed by atoms with van der Waals surface area (Å²) in [7, 11) is 0. The van der Waals surface area contributed by atoms with Crippen molar-refractivity contribution in [3.63, 3.8) is 0 Å². The highest BCUT2D eigenvalue weighted by Crippen LogP contribution is 2.16. The quantitative estimate of drug-likeness (QED) is 0.606. The second kappa shape index (κ2) is 3.91. The van der Waals surface area contributed by atoms with Crippen molar-refractivity contribution in [3.05, 3.63) is 18.0 Å². The van der Waals surface area contributed by atoms with E-state index in [2.05, 4.69) is 25.6 Å². The van der Waals surface area contributed by atoms with Gasteiger partial charge in [0.05, 0.1) is 4.32 Å². The predicted octanol–water partition coefficient (Wildman–Crippen LogP) is 2.00. The molecule has 1 rings (SSSR count). The molecule has 0 N–H and O–H groups in total. The summed E-state index contributed by atoms with van der Waals surface area (Å²) in [4.78, 5) is 11.2. The lowest BCUT2D eigenvalue weighted by atomic mass is 10.2. The van der Waals surface area contributed by atoms with Crippen LogP contribution in [0.3, 0.4) is 0 Å². The number of hydrogen-bond acceptors (Lipinski definition) is 4. The van der Waals surface area contributed by atoms with Gasteiger partial charge < -0.3 is 9.26 Å². The van der Waals surface area contributed by atoms with E-state index in [0.29, 0.717) is 6.61 Å². The lowest BCUT2D eigenvalue weighted by molar-refractivity contribution is 0.0469. The summed E-state index contributed by atoms with van der Waals surface area (Å²) in [6, 6.07) is 1.46. The number of aromatic nitrogens is 1. The lowest BCUT2D eigenvalue weighted by Gasteiger charge is -2.14. The second-order valence-electron chi connectivity index (χ2n) is 3.18. The Morgan fingerprint density at radius 3 is 2.92 bits per heavy atom. The van der Waals surface area contributed by atoms with Gasteiger partial charge in [-0.2, -0.15) is 0 Å². The Labute approximate surface area is 84.4 Å². The van der Waals surface area contributed by atoms with Crippen LogP contribution in [0.15, 0.2) is 16.9 Å². The number of carbonyl (C=O) groups excluding carboxylic acids is 1. The van der Waals surface area contributed by atoms with E-state index in [-0.39, 0.29) is 10.0 Å². The molecule has 0 bridgehead atoms. The van der Waals surface area contributed by atoms with E-state index in [1.807, 2.05) is 13.8 Å². The van der Waals surface area contributed by atoms with Crippen molar-refractivity contribution in [3.8, 4) is 0 Å². The van der Waals surface area contributed by atoms with E-state index < -0.39 is 5.97 Å². The molecule has 13 heavy (non-hydrogen) atoms. The number of esters is 1. The van der Waals surface area contributed by atoms with Crippen molar-refractivity contribution < 1.29 is 14.1 Å². The number of ether oxygens (including phenoxy) is 1. The number of rotatable bonds is 3. The number of hydrogen-bond donors (Lipinski definition) is 0. The Bertz CT molecular complexity index is 276. The topological polar surface area (TPSA) is 52.3 Å². The molecule has 0 radical (unpaired) electrons. The minimum absolute atomic E-state index is 0.191. The van der Waals surface area contributed by atoms with Crippen molar-refractivity contribution in [2.24, 2.45) is 0 Å². The molecule has 0 aliphatic rings. The van der Waals surface area contributed by atoms with Gasteiger partial charge in [-0.25, -0.2) is 4.79 Å². The maximum Gasteiger partial charge on any atom is 0.360 e. The van der Waals surface area contributed by atoms with Gasteiger partial charge in [0.2, 0.25) is 0 Å². The maximum absolute atomic E-state index is 11.2. The minimum Gasteiger partial charge on any atom is -0.459 e. The monoisotopic (exact) mass is 247 g/mol. The maximum atomic E-state index is 11.2. The van der Waals surface area contributed by atoms with Crippen LogP contribution in [-0.4, -0.2) is 22.1 Å². The molecule has 0 aromatic carbocycles. The number of carbonyl (C=O) groups is 1. The molecule has 0 saturated carbocycles. The molecular weight excluding hydrogens is 238 g/mol. The fourth-order valence-corrected chi connectivity index (χ4v) is 0.743. The van der Waals surface area contributed by atoms with E-state index in [1.54, 1.807) is 0 Å². The molecule has 1 aromatic rings. The van der Waals surface area contributed by atoms with Gasteiger partial charge in [-0.1, -0.05) is 21.1 Å². The third-order valence-corrected chi connectivity index (χ3v) is 1.42. The van der Waals surface area contributed by atoms with Crippen molar-refractivity contribution in [2.75, 3.05) is 6.61 Å². The van der Waals surface area contributed by atoms with Crippen molar-refractivity contribution in [1.82, 2.24) is 5.16 Å². The van der Waals surface area contributed by atoms with Gasteiger partial charge in [0.25, 0.3) is 0 Å². The average Bonchev–Trinajstić information content (AvgIpc) is 2.50. The second-order valence-corrected chi connectivity index (χ2v) is 5.33. The molecule has 0 saturated heterocycles. The minimum atomic E-state index is -0.471. The standard InChI is InChI=1S/C8H10BrNO3/c1-8(2,9)5-12-7(11)6-3-4-13-10-6/h3-4H,5H2,1-2H3. The summed E-state index contributed by atoms with van der Waals surface area (Å²) in [5, 5.41) is 3.45. The fourth-order valence-electron chi connectivity index (χ4n) is 0.629. The van der Waals surface area contributed by atoms with Crippen LogP contribution in [0.4, 0.5) is 0 Å². The van der Waals surface area contributed by atoms with E-state index in [1.165, 1.54) is 12.3 Å². The number of halogens is 1. The van der Waals surface area contributed by atoms with E-state index in [0.717, 1.165) is 0 Å². The molecule has 0 fully saturated rings. The highest BCUT2D eigenvalue weighted by atomic mass is 79.9. The van der Waals surface area contributed by atoms with Crippen LogP contribution in [0.1, 0.15) is 24.3 Å². The zero-order valence-electron chi connectivity index (χ0n) is 7.41. The molecule has 1 aromatic heterocycles. The van der Waals surface area contributed by atoms with Crippen molar-refractivity contribution >= 4 is 21.9 Å². The predicted molar refractivity (Wildman–Crippen MR) is 49.8 cm³/mol. The summed E-state index contributed by atoms with van der Waals surface area (Å²) in [5.41, 5.74) is 0.191. The highest BCUT2D eigenvalue weighted by molar-refractivity contribution is 9.10. The Morgan fingerprint density at radius 2 is 2.46 bits per heavy atom. The molecule has 72 valence electrons. The summed E-state index contributed by atoms with van der Waals surface area (Å²) in [6.45, 7) is 4.10. The van der Waals surface area contributed by atoms with E-state index >= 15 is 0 Å². The van der Waals surface area contributed by atoms with Crippen LogP contribution in [0.5, 0.6) is 0 Å². The molecular formula is C8H10BrNO3. The van der Waals surface area contributed by atoms with Crippen LogP contribution in [0.25, 0.3) is 0 Å². The fraction of sp³-hybridized carbons (Fsp3) is 0.500. The van der Waals surface area contributed by atoms with Gasteiger partial charge in [-0.3, -0.25) is 0 Å². The van der Waals surface area contributed by atoms with E-state index in [4.69, 9.17) is 4.74 Å². The SMILES string of the molecule is CC(C)(Br)COC(=O)c1ccon1.